The zero-order chi connectivity index (χ0) is 35.5. The molecule has 53 heavy (non-hydrogen) atoms. The van der Waals surface area contributed by atoms with Crippen molar-refractivity contribution in [3.05, 3.63) is 197 Å². The Hall–Kier alpha value is -6.12. The maximum Gasteiger partial charge on any atom is 0.0538 e. The number of para-hydroxylation sites is 1. The van der Waals surface area contributed by atoms with Gasteiger partial charge in [0, 0.05) is 44.8 Å². The summed E-state index contributed by atoms with van der Waals surface area (Å²) in [5.41, 5.74) is 19.6. The summed E-state index contributed by atoms with van der Waals surface area (Å²) in [6.45, 7) is 4.74. The Morgan fingerprint density at radius 1 is 0.566 bits per heavy atom. The number of benzene rings is 6. The second-order valence-electron chi connectivity index (χ2n) is 15.2. The number of aromatic nitrogens is 1. The molecule has 1 heterocycles. The zero-order valence-corrected chi connectivity index (χ0v) is 30.4. The van der Waals surface area contributed by atoms with Crippen molar-refractivity contribution in [2.45, 2.75) is 44.9 Å². The van der Waals surface area contributed by atoms with Gasteiger partial charge in [-0.25, -0.2) is 0 Å². The third-order valence-electron chi connectivity index (χ3n) is 11.8. The van der Waals surface area contributed by atoms with Crippen molar-refractivity contribution in [3.63, 3.8) is 0 Å². The van der Waals surface area contributed by atoms with E-state index in [1.54, 1.807) is 0 Å². The highest BCUT2D eigenvalue weighted by atomic mass is 15.1. The van der Waals surface area contributed by atoms with Crippen LogP contribution >= 0.6 is 0 Å². The van der Waals surface area contributed by atoms with Crippen molar-refractivity contribution in [3.8, 4) is 27.9 Å². The molecule has 0 fully saturated rings. The molecule has 0 atom stereocenters. The second kappa shape index (κ2) is 12.5. The molecule has 0 bridgehead atoms. The van der Waals surface area contributed by atoms with Gasteiger partial charge in [0.15, 0.2) is 0 Å². The zero-order valence-electron chi connectivity index (χ0n) is 30.4. The molecule has 0 amide bonds. The van der Waals surface area contributed by atoms with Gasteiger partial charge in [-0.1, -0.05) is 129 Å². The van der Waals surface area contributed by atoms with Gasteiger partial charge in [-0.3, -0.25) is 0 Å². The summed E-state index contributed by atoms with van der Waals surface area (Å²) in [6, 6.07) is 53.9. The Balaban J connectivity index is 1.06. The molecule has 0 saturated carbocycles. The van der Waals surface area contributed by atoms with Crippen LogP contribution in [0.5, 0.6) is 0 Å². The molecule has 0 spiro atoms. The smallest absolute Gasteiger partial charge is 0.0538 e. The Labute approximate surface area is 312 Å². The van der Waals surface area contributed by atoms with Gasteiger partial charge in [0.25, 0.3) is 0 Å². The molecule has 2 nitrogen and oxygen atoms in total. The molecule has 10 rings (SSSR count). The van der Waals surface area contributed by atoms with Crippen LogP contribution in [0.15, 0.2) is 170 Å². The number of hydrogen-bond donors (Lipinski definition) is 0. The minimum absolute atomic E-state index is 0.0642. The van der Waals surface area contributed by atoms with Gasteiger partial charge >= 0.3 is 0 Å². The highest BCUT2D eigenvalue weighted by Crippen LogP contribution is 2.50. The predicted molar refractivity (Wildman–Crippen MR) is 224 cm³/mol. The summed E-state index contributed by atoms with van der Waals surface area (Å²) in [5, 5.41) is 1.32. The Kier molecular flexibility index (Phi) is 7.47. The maximum atomic E-state index is 2.49. The summed E-state index contributed by atoms with van der Waals surface area (Å²) >= 11 is 0. The molecule has 0 N–H and O–H groups in total. The number of allylic oxidation sites excluding steroid dienone is 5. The van der Waals surface area contributed by atoms with E-state index in [-0.39, 0.29) is 5.41 Å². The van der Waals surface area contributed by atoms with E-state index in [4.69, 9.17) is 0 Å². The van der Waals surface area contributed by atoms with Crippen LogP contribution in [0.3, 0.4) is 0 Å². The molecule has 256 valence electrons. The minimum atomic E-state index is -0.0642. The van der Waals surface area contributed by atoms with Crippen molar-refractivity contribution in [2.24, 2.45) is 0 Å². The minimum Gasteiger partial charge on any atom is -0.314 e. The molecule has 6 aromatic carbocycles. The Bertz CT molecular complexity index is 2610. The highest BCUT2D eigenvalue weighted by molar-refractivity contribution is 5.96. The van der Waals surface area contributed by atoms with E-state index < -0.39 is 0 Å². The molecule has 0 radical (unpaired) electrons. The quantitative estimate of drug-likeness (QED) is 0.169. The van der Waals surface area contributed by atoms with E-state index in [9.17, 15) is 0 Å². The molecular weight excluding hydrogens is 641 g/mol. The van der Waals surface area contributed by atoms with Gasteiger partial charge in [0.1, 0.15) is 0 Å². The maximum absolute atomic E-state index is 2.49. The van der Waals surface area contributed by atoms with E-state index in [0.717, 1.165) is 25.7 Å². The fourth-order valence-corrected chi connectivity index (χ4v) is 9.09. The van der Waals surface area contributed by atoms with E-state index >= 15 is 0 Å². The molecule has 2 heteroatoms. The SMILES string of the molecule is CC1(C)c2ccccc2-c2ccc(N(C3=CC=C(c4ccccc4)CC3)c3ccc(-c4ccc5c(c4)c4c(n5-c5ccccc5)CCC=C4)cc3)cc21. The first-order valence-corrected chi connectivity index (χ1v) is 19.0. The van der Waals surface area contributed by atoms with E-state index in [0.29, 0.717) is 0 Å². The van der Waals surface area contributed by atoms with Gasteiger partial charge in [-0.15, -0.1) is 0 Å². The molecule has 0 saturated heterocycles. The van der Waals surface area contributed by atoms with Crippen molar-refractivity contribution in [2.75, 3.05) is 4.90 Å². The summed E-state index contributed by atoms with van der Waals surface area (Å²) in [5.74, 6) is 0. The van der Waals surface area contributed by atoms with Gasteiger partial charge in [0.2, 0.25) is 0 Å². The first-order chi connectivity index (χ1) is 26.0. The van der Waals surface area contributed by atoms with Crippen LogP contribution in [-0.4, -0.2) is 4.57 Å². The first kappa shape index (κ1) is 31.6. The van der Waals surface area contributed by atoms with E-state index in [1.807, 2.05) is 0 Å². The van der Waals surface area contributed by atoms with Crippen molar-refractivity contribution in [1.29, 1.82) is 0 Å². The van der Waals surface area contributed by atoms with Gasteiger partial charge in [-0.05, 0) is 125 Å². The molecule has 3 aliphatic rings. The topological polar surface area (TPSA) is 8.17 Å². The lowest BCUT2D eigenvalue weighted by Gasteiger charge is -2.31. The van der Waals surface area contributed by atoms with Crippen molar-refractivity contribution in [1.82, 2.24) is 4.57 Å². The van der Waals surface area contributed by atoms with Crippen LogP contribution in [0.1, 0.15) is 61.1 Å². The van der Waals surface area contributed by atoms with Gasteiger partial charge in [-0.2, -0.15) is 0 Å². The number of hydrogen-bond acceptors (Lipinski definition) is 1. The second-order valence-corrected chi connectivity index (χ2v) is 15.2. The third kappa shape index (κ3) is 5.24. The largest absolute Gasteiger partial charge is 0.314 e. The molecule has 3 aliphatic carbocycles. The van der Waals surface area contributed by atoms with Crippen molar-refractivity contribution >= 4 is 33.9 Å². The van der Waals surface area contributed by atoms with Crippen LogP contribution in [0, 0.1) is 0 Å². The lowest BCUT2D eigenvalue weighted by Crippen LogP contribution is -2.20. The average Bonchev–Trinajstić information content (AvgIpc) is 3.67. The number of nitrogens with zero attached hydrogens (tertiary/aromatic N) is 2. The lowest BCUT2D eigenvalue weighted by molar-refractivity contribution is 0.660. The number of anilines is 2. The summed E-state index contributed by atoms with van der Waals surface area (Å²) < 4.78 is 2.46. The van der Waals surface area contributed by atoms with E-state index in [1.165, 1.54) is 89.4 Å². The Morgan fingerprint density at radius 2 is 1.28 bits per heavy atom. The van der Waals surface area contributed by atoms with Crippen LogP contribution in [0.2, 0.25) is 0 Å². The summed E-state index contributed by atoms with van der Waals surface area (Å²) in [6.07, 6.45) is 13.4. The molecule has 0 aliphatic heterocycles. The summed E-state index contributed by atoms with van der Waals surface area (Å²) in [4.78, 5) is 2.49. The summed E-state index contributed by atoms with van der Waals surface area (Å²) in [7, 11) is 0. The third-order valence-corrected chi connectivity index (χ3v) is 11.8. The highest BCUT2D eigenvalue weighted by Gasteiger charge is 2.36. The monoisotopic (exact) mass is 682 g/mol. The van der Waals surface area contributed by atoms with Crippen LogP contribution in [-0.2, 0) is 11.8 Å². The average molecular weight is 683 g/mol. The standard InChI is InChI=1S/C51H42N2/c1-51(2)47-19-11-9-17-43(47)44-31-30-42(34-48(44)51)52(40-26-21-36(22-27-40)35-13-5-3-6-14-35)41-28-23-37(24-29-41)38-25-32-50-46(33-38)45-18-10-12-20-49(45)53(50)39-15-7-4-8-16-39/h3-11,13-19,21,23-26,28-34H,12,20,22,27H2,1-2H3. The van der Waals surface area contributed by atoms with E-state index in [2.05, 4.69) is 193 Å². The Morgan fingerprint density at radius 3 is 2.08 bits per heavy atom. The fourth-order valence-electron chi connectivity index (χ4n) is 9.09. The van der Waals surface area contributed by atoms with Crippen LogP contribution in [0.25, 0.3) is 50.5 Å². The molecular formula is C51H42N2. The van der Waals surface area contributed by atoms with Crippen LogP contribution < -0.4 is 4.90 Å². The fraction of sp³-hybridized carbons (Fsp3) is 0.137. The normalized spacial score (nSPS) is 15.4. The number of rotatable bonds is 6. The molecule has 1 aromatic heterocycles. The lowest BCUT2D eigenvalue weighted by atomic mass is 9.82. The predicted octanol–water partition coefficient (Wildman–Crippen LogP) is 13.5. The number of fused-ring (bicyclic) bond motifs is 6. The van der Waals surface area contributed by atoms with Crippen molar-refractivity contribution < 1.29 is 0 Å². The molecule has 7 aromatic rings. The van der Waals surface area contributed by atoms with Gasteiger partial charge in [0.05, 0.1) is 5.52 Å². The van der Waals surface area contributed by atoms with Crippen LogP contribution in [0.4, 0.5) is 11.4 Å². The van der Waals surface area contributed by atoms with Gasteiger partial charge < -0.3 is 9.47 Å². The molecule has 0 unspecified atom stereocenters. The first-order valence-electron chi connectivity index (χ1n) is 19.0.